The van der Waals surface area contributed by atoms with Crippen LogP contribution in [0.25, 0.3) is 16.7 Å². The summed E-state index contributed by atoms with van der Waals surface area (Å²) in [5.74, 6) is 0.374. The largest absolute Gasteiger partial charge is 0.366 e. The number of anilines is 1. The maximum atomic E-state index is 14.1. The number of fused-ring (bicyclic) bond motifs is 2. The van der Waals surface area contributed by atoms with Crippen molar-refractivity contribution in [3.8, 4) is 5.69 Å². The maximum Gasteiger partial charge on any atom is 0.265 e. The number of rotatable bonds is 4. The van der Waals surface area contributed by atoms with Gasteiger partial charge in [0.1, 0.15) is 11.2 Å². The topological polar surface area (TPSA) is 76.3 Å². The van der Waals surface area contributed by atoms with Crippen LogP contribution in [-0.2, 0) is 4.79 Å². The molecule has 35 heavy (non-hydrogen) atoms. The molecule has 2 aromatic heterocycles. The predicted octanol–water partition coefficient (Wildman–Crippen LogP) is 3.11. The first-order chi connectivity index (χ1) is 17.1. The summed E-state index contributed by atoms with van der Waals surface area (Å²) < 4.78 is 17.4. The second kappa shape index (κ2) is 8.84. The van der Waals surface area contributed by atoms with Gasteiger partial charge in [0.25, 0.3) is 5.56 Å². The average molecular weight is 491 g/mol. The summed E-state index contributed by atoms with van der Waals surface area (Å²) in [5.41, 5.74) is 1.76. The second-order valence-electron chi connectivity index (χ2n) is 8.69. The molecule has 0 aliphatic carbocycles. The minimum atomic E-state index is -0.253. The van der Waals surface area contributed by atoms with Crippen LogP contribution < -0.4 is 10.5 Å². The number of aromatic nitrogens is 4. The van der Waals surface area contributed by atoms with E-state index in [0.717, 1.165) is 5.69 Å². The number of carbonyl (C=O) groups excluding carboxylic acids is 1. The van der Waals surface area contributed by atoms with Crippen LogP contribution >= 0.6 is 11.8 Å². The van der Waals surface area contributed by atoms with E-state index in [-0.39, 0.29) is 29.7 Å². The van der Waals surface area contributed by atoms with E-state index in [0.29, 0.717) is 53.8 Å². The van der Waals surface area contributed by atoms with Crippen molar-refractivity contribution in [3.05, 3.63) is 77.0 Å². The van der Waals surface area contributed by atoms with Crippen LogP contribution in [-0.4, -0.2) is 62.1 Å². The summed E-state index contributed by atoms with van der Waals surface area (Å²) in [6, 6.07) is 16.0. The molecule has 1 fully saturated rings. The Kier molecular flexibility index (Phi) is 5.52. The Morgan fingerprint density at radius 3 is 2.54 bits per heavy atom. The Labute approximate surface area is 205 Å². The number of nitrogens with zero attached hydrogens (tertiary/aromatic N) is 6. The summed E-state index contributed by atoms with van der Waals surface area (Å²) in [6.45, 7) is 2.19. The molecule has 8 nitrogen and oxygen atoms in total. The summed E-state index contributed by atoms with van der Waals surface area (Å²) in [5, 5.41) is 5.44. The van der Waals surface area contributed by atoms with Crippen LogP contribution in [0.5, 0.6) is 0 Å². The molecule has 178 valence electrons. The van der Waals surface area contributed by atoms with Crippen molar-refractivity contribution in [3.63, 3.8) is 0 Å². The van der Waals surface area contributed by atoms with Gasteiger partial charge < -0.3 is 9.80 Å². The molecule has 6 rings (SSSR count). The van der Waals surface area contributed by atoms with E-state index >= 15 is 0 Å². The average Bonchev–Trinajstić information content (AvgIpc) is 3.50. The lowest BCUT2D eigenvalue weighted by Gasteiger charge is -2.36. The third kappa shape index (κ3) is 3.87. The van der Waals surface area contributed by atoms with Gasteiger partial charge in [-0.25, -0.2) is 14.1 Å². The van der Waals surface area contributed by atoms with Crippen molar-refractivity contribution in [2.24, 2.45) is 0 Å². The fourth-order valence-corrected chi connectivity index (χ4v) is 5.91. The highest BCUT2D eigenvalue weighted by Crippen LogP contribution is 2.34. The molecule has 0 radical (unpaired) electrons. The number of piperazine rings is 1. The fourth-order valence-electron chi connectivity index (χ4n) is 4.77. The first kappa shape index (κ1) is 21.8. The van der Waals surface area contributed by atoms with E-state index in [1.807, 2.05) is 46.2 Å². The van der Waals surface area contributed by atoms with Gasteiger partial charge >= 0.3 is 0 Å². The Bertz CT molecular complexity index is 1460. The molecule has 0 N–H and O–H groups in total. The monoisotopic (exact) mass is 490 g/mol. The van der Waals surface area contributed by atoms with Gasteiger partial charge in [-0.2, -0.15) is 5.10 Å². The Hall–Kier alpha value is -3.66. The number of hydrogen-bond acceptors (Lipinski definition) is 6. The van der Waals surface area contributed by atoms with Gasteiger partial charge in [-0.3, -0.25) is 14.2 Å². The molecule has 0 spiro atoms. The van der Waals surface area contributed by atoms with Gasteiger partial charge in [0.15, 0.2) is 10.8 Å². The first-order valence-electron chi connectivity index (χ1n) is 11.6. The van der Waals surface area contributed by atoms with Crippen molar-refractivity contribution < 1.29 is 9.18 Å². The zero-order chi connectivity index (χ0) is 23.9. The van der Waals surface area contributed by atoms with Crippen molar-refractivity contribution >= 4 is 34.4 Å². The second-order valence-corrected chi connectivity index (χ2v) is 9.67. The first-order valence-corrected chi connectivity index (χ1v) is 12.5. The lowest BCUT2D eigenvalue weighted by Crippen LogP contribution is -2.49. The smallest absolute Gasteiger partial charge is 0.265 e. The quantitative estimate of drug-likeness (QED) is 0.409. The Balaban J connectivity index is 1.19. The number of amides is 1. The lowest BCUT2D eigenvalue weighted by molar-refractivity contribution is -0.132. The number of para-hydroxylation sites is 2. The molecule has 0 bridgehead atoms. The highest BCUT2D eigenvalue weighted by Gasteiger charge is 2.32. The Morgan fingerprint density at radius 1 is 1.03 bits per heavy atom. The van der Waals surface area contributed by atoms with E-state index in [1.54, 1.807) is 27.6 Å². The summed E-state index contributed by atoms with van der Waals surface area (Å²) in [6.07, 6.45) is 1.79. The van der Waals surface area contributed by atoms with Crippen molar-refractivity contribution in [2.45, 2.75) is 17.6 Å². The molecule has 10 heteroatoms. The number of halogens is 1. The van der Waals surface area contributed by atoms with Gasteiger partial charge in [0.05, 0.1) is 23.6 Å². The summed E-state index contributed by atoms with van der Waals surface area (Å²) >= 11 is 1.49. The third-order valence-electron chi connectivity index (χ3n) is 6.61. The molecule has 2 aromatic carbocycles. The van der Waals surface area contributed by atoms with Crippen molar-refractivity contribution in [1.29, 1.82) is 0 Å². The predicted molar refractivity (Wildman–Crippen MR) is 133 cm³/mol. The van der Waals surface area contributed by atoms with Gasteiger partial charge in [-0.15, -0.1) is 0 Å². The highest BCUT2D eigenvalue weighted by molar-refractivity contribution is 7.99. The standard InChI is InChI=1S/C25H23FN6O2S/c26-20-8-4-5-9-21(20)29-10-12-30(13-11-29)22(33)14-18-16-35-25-28-23-19(24(34)31(18)25)15-27-32(23)17-6-2-1-3-7-17/h1-9,15,18H,10-14,16H2. The van der Waals surface area contributed by atoms with Gasteiger partial charge in [-0.1, -0.05) is 42.1 Å². The molecule has 1 unspecified atom stereocenters. The molecule has 1 atom stereocenters. The SMILES string of the molecule is O=C(CC1CSc2nc3c(cnn3-c3ccccc3)c(=O)n21)N1CCN(c2ccccc2F)CC1. The van der Waals surface area contributed by atoms with Crippen LogP contribution in [0.3, 0.4) is 0 Å². The van der Waals surface area contributed by atoms with Crippen LogP contribution in [0.4, 0.5) is 10.1 Å². The number of thioether (sulfide) groups is 1. The molecule has 2 aliphatic heterocycles. The van der Waals surface area contributed by atoms with Crippen molar-refractivity contribution in [1.82, 2.24) is 24.2 Å². The van der Waals surface area contributed by atoms with Gasteiger partial charge in [0, 0.05) is 38.4 Å². The molecular formula is C25H23FN6O2S. The minimum absolute atomic E-state index is 0.00334. The molecule has 1 saturated heterocycles. The molecule has 1 amide bonds. The summed E-state index contributed by atoms with van der Waals surface area (Å²) in [7, 11) is 0. The van der Waals surface area contributed by atoms with E-state index < -0.39 is 0 Å². The lowest BCUT2D eigenvalue weighted by atomic mass is 10.1. The zero-order valence-electron chi connectivity index (χ0n) is 18.9. The van der Waals surface area contributed by atoms with Gasteiger partial charge in [0.2, 0.25) is 5.91 Å². The van der Waals surface area contributed by atoms with Crippen LogP contribution in [0.1, 0.15) is 12.5 Å². The van der Waals surface area contributed by atoms with Crippen molar-refractivity contribution in [2.75, 3.05) is 36.8 Å². The van der Waals surface area contributed by atoms with E-state index in [2.05, 4.69) is 5.10 Å². The zero-order valence-corrected chi connectivity index (χ0v) is 19.7. The van der Waals surface area contributed by atoms with E-state index in [4.69, 9.17) is 4.98 Å². The third-order valence-corrected chi connectivity index (χ3v) is 7.70. The molecule has 4 aromatic rings. The maximum absolute atomic E-state index is 14.1. The molecular weight excluding hydrogens is 467 g/mol. The molecule has 4 heterocycles. The number of hydrogen-bond donors (Lipinski definition) is 0. The number of benzene rings is 2. The number of carbonyl (C=O) groups is 1. The van der Waals surface area contributed by atoms with Crippen LogP contribution in [0.2, 0.25) is 0 Å². The van der Waals surface area contributed by atoms with E-state index in [9.17, 15) is 14.0 Å². The van der Waals surface area contributed by atoms with Crippen LogP contribution in [0.15, 0.2) is 70.7 Å². The van der Waals surface area contributed by atoms with E-state index in [1.165, 1.54) is 17.8 Å². The minimum Gasteiger partial charge on any atom is -0.366 e. The molecule has 2 aliphatic rings. The molecule has 0 saturated carbocycles. The van der Waals surface area contributed by atoms with Gasteiger partial charge in [-0.05, 0) is 24.3 Å². The summed E-state index contributed by atoms with van der Waals surface area (Å²) in [4.78, 5) is 35.0. The normalized spacial score (nSPS) is 17.7. The Morgan fingerprint density at radius 2 is 1.77 bits per heavy atom. The highest BCUT2D eigenvalue weighted by atomic mass is 32.2. The fraction of sp³-hybridized carbons (Fsp3) is 0.280. The van der Waals surface area contributed by atoms with Crippen LogP contribution in [0, 0.1) is 5.82 Å².